The van der Waals surface area contributed by atoms with E-state index in [1.807, 2.05) is 35.2 Å². The minimum atomic E-state index is -0.0443. The second-order valence-corrected chi connectivity index (χ2v) is 10.1. The van der Waals surface area contributed by atoms with E-state index in [0.717, 1.165) is 45.9 Å². The number of fused-ring (bicyclic) bond motifs is 1. The third-order valence-electron chi connectivity index (χ3n) is 6.44. The highest BCUT2D eigenvalue weighted by Crippen LogP contribution is 2.33. The number of anilines is 1. The number of aromatic nitrogens is 1. The lowest BCUT2D eigenvalue weighted by atomic mass is 9.97. The summed E-state index contributed by atoms with van der Waals surface area (Å²) in [5.41, 5.74) is 4.39. The topological polar surface area (TPSA) is 56.8 Å². The Bertz CT molecular complexity index is 1140. The van der Waals surface area contributed by atoms with Gasteiger partial charge in [0.15, 0.2) is 5.13 Å². The van der Waals surface area contributed by atoms with Gasteiger partial charge >= 0.3 is 0 Å². The quantitative estimate of drug-likeness (QED) is 0.547. The van der Waals surface area contributed by atoms with Crippen LogP contribution in [0.2, 0.25) is 0 Å². The maximum absolute atomic E-state index is 13.6. The minimum absolute atomic E-state index is 0.0187. The van der Waals surface area contributed by atoms with Crippen molar-refractivity contribution < 1.29 is 9.59 Å². The monoisotopic (exact) mass is 464 g/mol. The molecule has 0 radical (unpaired) electrons. The van der Waals surface area contributed by atoms with Crippen LogP contribution in [0.3, 0.4) is 0 Å². The molecular weight excluding hydrogens is 432 g/mol. The number of amides is 2. The summed E-state index contributed by atoms with van der Waals surface area (Å²) in [6.07, 6.45) is 1.81. The standard InChI is InChI=1S/C26H32N4O2S/c1-18-12-13-22-24(19(18)2)27-26(33-22)30(15-20-9-6-5-7-10-20)23(31)17-29-14-8-11-21(16-29)25(32)28(3)4/h5-7,9-10,12-13,21H,8,11,14-17H2,1-4H3. The van der Waals surface area contributed by atoms with E-state index >= 15 is 0 Å². The van der Waals surface area contributed by atoms with Gasteiger partial charge in [-0.3, -0.25) is 19.4 Å². The van der Waals surface area contributed by atoms with Crippen molar-refractivity contribution in [3.63, 3.8) is 0 Å². The van der Waals surface area contributed by atoms with Crippen LogP contribution >= 0.6 is 11.3 Å². The van der Waals surface area contributed by atoms with Gasteiger partial charge < -0.3 is 4.90 Å². The molecule has 1 saturated heterocycles. The van der Waals surface area contributed by atoms with Crippen molar-refractivity contribution in [2.75, 3.05) is 38.6 Å². The van der Waals surface area contributed by atoms with Gasteiger partial charge in [-0.05, 0) is 56.0 Å². The molecule has 2 heterocycles. The van der Waals surface area contributed by atoms with Gasteiger partial charge in [0.25, 0.3) is 0 Å². The summed E-state index contributed by atoms with van der Waals surface area (Å²) in [6.45, 7) is 6.40. The average molecular weight is 465 g/mol. The van der Waals surface area contributed by atoms with Crippen LogP contribution in [0.25, 0.3) is 10.2 Å². The van der Waals surface area contributed by atoms with Crippen LogP contribution in [0.4, 0.5) is 5.13 Å². The number of likely N-dealkylation sites (tertiary alicyclic amines) is 1. The summed E-state index contributed by atoms with van der Waals surface area (Å²) < 4.78 is 1.09. The van der Waals surface area contributed by atoms with Crippen LogP contribution < -0.4 is 4.90 Å². The van der Waals surface area contributed by atoms with Crippen molar-refractivity contribution in [2.24, 2.45) is 5.92 Å². The summed E-state index contributed by atoms with van der Waals surface area (Å²) in [4.78, 5) is 36.6. The van der Waals surface area contributed by atoms with Gasteiger partial charge in [0.05, 0.1) is 29.2 Å². The van der Waals surface area contributed by atoms with Crippen LogP contribution in [-0.4, -0.2) is 60.3 Å². The van der Waals surface area contributed by atoms with Gasteiger partial charge in [-0.2, -0.15) is 0 Å². The molecule has 1 fully saturated rings. The zero-order valence-corrected chi connectivity index (χ0v) is 20.7. The zero-order valence-electron chi connectivity index (χ0n) is 19.9. The molecule has 7 heteroatoms. The Hall–Kier alpha value is -2.77. The zero-order chi connectivity index (χ0) is 23.5. The Morgan fingerprint density at radius 2 is 1.88 bits per heavy atom. The molecule has 2 aromatic carbocycles. The molecule has 33 heavy (non-hydrogen) atoms. The molecule has 0 aliphatic carbocycles. The van der Waals surface area contributed by atoms with Crippen LogP contribution in [-0.2, 0) is 16.1 Å². The van der Waals surface area contributed by atoms with E-state index in [2.05, 4.69) is 30.9 Å². The number of hydrogen-bond acceptors (Lipinski definition) is 5. The first-order valence-corrected chi connectivity index (χ1v) is 12.3. The molecule has 0 spiro atoms. The predicted molar refractivity (Wildman–Crippen MR) is 135 cm³/mol. The molecule has 0 saturated carbocycles. The van der Waals surface area contributed by atoms with Crippen LogP contribution in [0, 0.1) is 19.8 Å². The Labute approximate surface area is 199 Å². The highest BCUT2D eigenvalue weighted by atomic mass is 32.1. The Balaban J connectivity index is 1.59. The lowest BCUT2D eigenvalue weighted by Crippen LogP contribution is -2.47. The van der Waals surface area contributed by atoms with Gasteiger partial charge in [-0.1, -0.05) is 47.7 Å². The van der Waals surface area contributed by atoms with Crippen molar-refractivity contribution in [2.45, 2.75) is 33.2 Å². The normalized spacial score (nSPS) is 16.7. The third-order valence-corrected chi connectivity index (χ3v) is 7.49. The maximum Gasteiger partial charge on any atom is 0.243 e. The number of nitrogens with zero attached hydrogens (tertiary/aromatic N) is 4. The molecule has 6 nitrogen and oxygen atoms in total. The van der Waals surface area contributed by atoms with Gasteiger partial charge in [0, 0.05) is 20.6 Å². The van der Waals surface area contributed by atoms with Gasteiger partial charge in [-0.25, -0.2) is 4.98 Å². The van der Waals surface area contributed by atoms with Crippen LogP contribution in [0.15, 0.2) is 42.5 Å². The van der Waals surface area contributed by atoms with E-state index in [9.17, 15) is 9.59 Å². The molecule has 4 rings (SSSR count). The van der Waals surface area contributed by atoms with Crippen molar-refractivity contribution in [1.82, 2.24) is 14.8 Å². The van der Waals surface area contributed by atoms with Crippen molar-refractivity contribution in [3.05, 3.63) is 59.2 Å². The summed E-state index contributed by atoms with van der Waals surface area (Å²) >= 11 is 1.56. The smallest absolute Gasteiger partial charge is 0.243 e. The largest absolute Gasteiger partial charge is 0.349 e. The first-order valence-electron chi connectivity index (χ1n) is 11.5. The van der Waals surface area contributed by atoms with Crippen LogP contribution in [0.5, 0.6) is 0 Å². The molecule has 0 bridgehead atoms. The van der Waals surface area contributed by atoms with Crippen LogP contribution in [0.1, 0.15) is 29.5 Å². The van der Waals surface area contributed by atoms with E-state index < -0.39 is 0 Å². The lowest BCUT2D eigenvalue weighted by Gasteiger charge is -2.33. The van der Waals surface area contributed by atoms with E-state index in [4.69, 9.17) is 4.98 Å². The first kappa shape index (κ1) is 23.4. The van der Waals surface area contributed by atoms with Crippen molar-refractivity contribution >= 4 is 38.5 Å². The highest BCUT2D eigenvalue weighted by molar-refractivity contribution is 7.22. The van der Waals surface area contributed by atoms with E-state index in [1.54, 1.807) is 30.3 Å². The number of piperidine rings is 1. The minimum Gasteiger partial charge on any atom is -0.349 e. The molecule has 0 N–H and O–H groups in total. The predicted octanol–water partition coefficient (Wildman–Crippen LogP) is 4.25. The second kappa shape index (κ2) is 10.0. The molecule has 1 atom stereocenters. The summed E-state index contributed by atoms with van der Waals surface area (Å²) in [7, 11) is 3.59. The van der Waals surface area contributed by atoms with E-state index in [0.29, 0.717) is 13.1 Å². The molecule has 2 amide bonds. The van der Waals surface area contributed by atoms with Gasteiger partial charge in [-0.15, -0.1) is 0 Å². The van der Waals surface area contributed by atoms with Crippen molar-refractivity contribution in [1.29, 1.82) is 0 Å². The van der Waals surface area contributed by atoms with E-state index in [-0.39, 0.29) is 24.3 Å². The molecule has 1 unspecified atom stereocenters. The molecule has 1 aliphatic rings. The first-order chi connectivity index (χ1) is 15.8. The summed E-state index contributed by atoms with van der Waals surface area (Å²) in [5.74, 6) is 0.118. The summed E-state index contributed by atoms with van der Waals surface area (Å²) in [6, 6.07) is 14.2. The summed E-state index contributed by atoms with van der Waals surface area (Å²) in [5, 5.41) is 0.727. The number of thiazole rings is 1. The van der Waals surface area contributed by atoms with Gasteiger partial charge in [0.2, 0.25) is 11.8 Å². The number of benzene rings is 2. The number of hydrogen-bond donors (Lipinski definition) is 0. The number of carbonyl (C=O) groups is 2. The Morgan fingerprint density at radius 1 is 1.12 bits per heavy atom. The molecule has 1 aromatic heterocycles. The number of rotatable bonds is 6. The number of carbonyl (C=O) groups excluding carboxylic acids is 2. The fraction of sp³-hybridized carbons (Fsp3) is 0.423. The second-order valence-electron chi connectivity index (χ2n) is 9.12. The third kappa shape index (κ3) is 5.25. The Kier molecular flexibility index (Phi) is 7.10. The average Bonchev–Trinajstić information content (AvgIpc) is 3.25. The molecular formula is C26H32N4O2S. The molecule has 3 aromatic rings. The SMILES string of the molecule is Cc1ccc2sc(N(Cc3ccccc3)C(=O)CN3CCCC(C(=O)N(C)C)C3)nc2c1C. The Morgan fingerprint density at radius 3 is 2.61 bits per heavy atom. The molecule has 174 valence electrons. The number of aryl methyl sites for hydroxylation is 2. The fourth-order valence-electron chi connectivity index (χ4n) is 4.40. The highest BCUT2D eigenvalue weighted by Gasteiger charge is 2.30. The lowest BCUT2D eigenvalue weighted by molar-refractivity contribution is -0.135. The van der Waals surface area contributed by atoms with E-state index in [1.165, 1.54) is 5.56 Å². The van der Waals surface area contributed by atoms with Crippen molar-refractivity contribution in [3.8, 4) is 0 Å². The maximum atomic E-state index is 13.6. The fourth-order valence-corrected chi connectivity index (χ4v) is 5.44. The molecule has 1 aliphatic heterocycles. The van der Waals surface area contributed by atoms with Gasteiger partial charge in [0.1, 0.15) is 0 Å².